The molecule has 0 bridgehead atoms. The lowest BCUT2D eigenvalue weighted by molar-refractivity contribution is -0.137. The van der Waals surface area contributed by atoms with Crippen molar-refractivity contribution < 1.29 is 13.2 Å². The molecule has 1 fully saturated rings. The highest BCUT2D eigenvalue weighted by Gasteiger charge is 2.32. The van der Waals surface area contributed by atoms with E-state index < -0.39 is 12.6 Å². The van der Waals surface area contributed by atoms with Gasteiger partial charge in [-0.3, -0.25) is 11.3 Å². The maximum Gasteiger partial charge on any atom is 0.389 e. The molecule has 16 heavy (non-hydrogen) atoms. The molecular weight excluding hydrogens is 239 g/mol. The van der Waals surface area contributed by atoms with Crippen LogP contribution < -0.4 is 11.3 Å². The first-order chi connectivity index (χ1) is 7.44. The van der Waals surface area contributed by atoms with E-state index in [-0.39, 0.29) is 18.5 Å². The second-order valence-corrected chi connectivity index (χ2v) is 5.20. The molecule has 0 spiro atoms. The summed E-state index contributed by atoms with van der Waals surface area (Å²) in [7, 11) is 1.93. The van der Waals surface area contributed by atoms with E-state index in [9.17, 15) is 13.2 Å². The Labute approximate surface area is 97.9 Å². The van der Waals surface area contributed by atoms with E-state index in [1.165, 1.54) is 0 Å². The highest BCUT2D eigenvalue weighted by Crippen LogP contribution is 2.25. The molecule has 0 saturated carbocycles. The SMILES string of the molecule is CN1CCSCC1C(CCC(F)(F)F)NN. The van der Waals surface area contributed by atoms with Crippen molar-refractivity contribution in [3.63, 3.8) is 0 Å². The van der Waals surface area contributed by atoms with E-state index in [2.05, 4.69) is 10.3 Å². The number of nitrogens with one attached hydrogen (secondary N) is 1. The number of likely N-dealkylation sites (N-methyl/N-ethyl adjacent to an activating group) is 1. The van der Waals surface area contributed by atoms with E-state index in [1.54, 1.807) is 11.8 Å². The summed E-state index contributed by atoms with van der Waals surface area (Å²) in [6.45, 7) is 0.902. The van der Waals surface area contributed by atoms with Crippen molar-refractivity contribution in [3.8, 4) is 0 Å². The Hall–Kier alpha value is 0.0200. The van der Waals surface area contributed by atoms with Crippen LogP contribution >= 0.6 is 11.8 Å². The van der Waals surface area contributed by atoms with E-state index in [0.717, 1.165) is 18.1 Å². The number of hydrogen-bond donors (Lipinski definition) is 2. The zero-order valence-corrected chi connectivity index (χ0v) is 10.1. The molecule has 1 saturated heterocycles. The summed E-state index contributed by atoms with van der Waals surface area (Å²) in [5, 5.41) is 0. The molecule has 0 amide bonds. The van der Waals surface area contributed by atoms with Crippen LogP contribution in [0.1, 0.15) is 12.8 Å². The molecule has 0 radical (unpaired) electrons. The van der Waals surface area contributed by atoms with Gasteiger partial charge in [-0.15, -0.1) is 0 Å². The van der Waals surface area contributed by atoms with Crippen LogP contribution in [0.2, 0.25) is 0 Å². The number of thioether (sulfide) groups is 1. The largest absolute Gasteiger partial charge is 0.389 e. The minimum atomic E-state index is -4.10. The molecule has 3 nitrogen and oxygen atoms in total. The van der Waals surface area contributed by atoms with E-state index in [1.807, 2.05) is 7.05 Å². The molecular formula is C9H18F3N3S. The summed E-state index contributed by atoms with van der Waals surface area (Å²) < 4.78 is 36.4. The second-order valence-electron chi connectivity index (χ2n) is 4.05. The highest BCUT2D eigenvalue weighted by molar-refractivity contribution is 7.99. The lowest BCUT2D eigenvalue weighted by atomic mass is 10.0. The first-order valence-electron chi connectivity index (χ1n) is 5.25. The summed E-state index contributed by atoms with van der Waals surface area (Å²) in [6.07, 6.45) is -4.85. The maximum atomic E-state index is 12.1. The fourth-order valence-corrected chi connectivity index (χ4v) is 3.15. The van der Waals surface area contributed by atoms with Crippen LogP contribution in [0.4, 0.5) is 13.2 Å². The molecule has 0 aromatic rings. The molecule has 0 aromatic heterocycles. The third-order valence-electron chi connectivity index (χ3n) is 2.86. The zero-order valence-electron chi connectivity index (χ0n) is 9.26. The average Bonchev–Trinajstić information content (AvgIpc) is 2.20. The smallest absolute Gasteiger partial charge is 0.300 e. The quantitative estimate of drug-likeness (QED) is 0.587. The number of nitrogens with two attached hydrogens (primary N) is 1. The van der Waals surface area contributed by atoms with Crippen molar-refractivity contribution in [1.82, 2.24) is 10.3 Å². The first-order valence-corrected chi connectivity index (χ1v) is 6.40. The van der Waals surface area contributed by atoms with Crippen LogP contribution in [0.25, 0.3) is 0 Å². The van der Waals surface area contributed by atoms with Gasteiger partial charge in [0, 0.05) is 36.6 Å². The predicted molar refractivity (Wildman–Crippen MR) is 60.1 cm³/mol. The van der Waals surface area contributed by atoms with Gasteiger partial charge in [0.1, 0.15) is 0 Å². The number of alkyl halides is 3. The molecule has 1 aliphatic rings. The number of rotatable bonds is 4. The summed E-state index contributed by atoms with van der Waals surface area (Å²) in [4.78, 5) is 2.08. The van der Waals surface area contributed by atoms with Gasteiger partial charge >= 0.3 is 6.18 Å². The minimum absolute atomic E-state index is 0.0373. The van der Waals surface area contributed by atoms with Crippen molar-refractivity contribution in [3.05, 3.63) is 0 Å². The van der Waals surface area contributed by atoms with Gasteiger partial charge in [-0.1, -0.05) is 0 Å². The second kappa shape index (κ2) is 6.09. The highest BCUT2D eigenvalue weighted by atomic mass is 32.2. The molecule has 1 heterocycles. The number of hydrazine groups is 1. The Morgan fingerprint density at radius 2 is 2.25 bits per heavy atom. The van der Waals surface area contributed by atoms with Crippen LogP contribution in [-0.2, 0) is 0 Å². The Balaban J connectivity index is 2.45. The summed E-state index contributed by atoms with van der Waals surface area (Å²) in [5.41, 5.74) is 2.52. The van der Waals surface area contributed by atoms with Crippen molar-refractivity contribution in [2.75, 3.05) is 25.1 Å². The molecule has 7 heteroatoms. The summed E-state index contributed by atoms with van der Waals surface area (Å²) in [5.74, 6) is 7.21. The van der Waals surface area contributed by atoms with Gasteiger partial charge in [0.25, 0.3) is 0 Å². The lowest BCUT2D eigenvalue weighted by Crippen LogP contribution is -2.54. The van der Waals surface area contributed by atoms with Crippen LogP contribution in [-0.4, -0.2) is 48.3 Å². The fraction of sp³-hybridized carbons (Fsp3) is 1.00. The third kappa shape index (κ3) is 4.48. The van der Waals surface area contributed by atoms with Crippen LogP contribution in [0.3, 0.4) is 0 Å². The summed E-state index contributed by atoms with van der Waals surface area (Å²) in [6, 6.07) is -0.203. The minimum Gasteiger partial charge on any atom is -0.300 e. The Kier molecular flexibility index (Phi) is 5.36. The van der Waals surface area contributed by atoms with Crippen LogP contribution in [0.5, 0.6) is 0 Å². The van der Waals surface area contributed by atoms with Gasteiger partial charge in [-0.25, -0.2) is 0 Å². The van der Waals surface area contributed by atoms with Crippen molar-refractivity contribution in [1.29, 1.82) is 0 Å². The molecule has 0 aliphatic carbocycles. The lowest BCUT2D eigenvalue weighted by Gasteiger charge is -2.37. The van der Waals surface area contributed by atoms with Gasteiger partial charge in [-0.05, 0) is 13.5 Å². The van der Waals surface area contributed by atoms with Crippen LogP contribution in [0, 0.1) is 0 Å². The van der Waals surface area contributed by atoms with Gasteiger partial charge in [0.15, 0.2) is 0 Å². The van der Waals surface area contributed by atoms with Crippen molar-refractivity contribution >= 4 is 11.8 Å². The van der Waals surface area contributed by atoms with Crippen molar-refractivity contribution in [2.24, 2.45) is 5.84 Å². The molecule has 96 valence electrons. The standard InChI is InChI=1S/C9H18F3N3S/c1-15-4-5-16-6-8(15)7(14-13)2-3-9(10,11)12/h7-8,14H,2-6,13H2,1H3. The zero-order chi connectivity index (χ0) is 12.2. The Morgan fingerprint density at radius 3 is 2.75 bits per heavy atom. The van der Waals surface area contributed by atoms with E-state index in [4.69, 9.17) is 5.84 Å². The first kappa shape index (κ1) is 14.1. The fourth-order valence-electron chi connectivity index (χ4n) is 1.83. The average molecular weight is 257 g/mol. The molecule has 1 aliphatic heterocycles. The van der Waals surface area contributed by atoms with Crippen LogP contribution in [0.15, 0.2) is 0 Å². The molecule has 0 aromatic carbocycles. The third-order valence-corrected chi connectivity index (χ3v) is 3.91. The summed E-state index contributed by atoms with van der Waals surface area (Å²) >= 11 is 1.77. The van der Waals surface area contributed by atoms with Gasteiger partial charge in [-0.2, -0.15) is 24.9 Å². The maximum absolute atomic E-state index is 12.1. The Morgan fingerprint density at radius 1 is 1.56 bits per heavy atom. The van der Waals surface area contributed by atoms with Gasteiger partial charge in [0.2, 0.25) is 0 Å². The molecule has 1 rings (SSSR count). The molecule has 2 atom stereocenters. The topological polar surface area (TPSA) is 41.3 Å². The Bertz CT molecular complexity index is 213. The normalized spacial score (nSPS) is 25.7. The monoisotopic (exact) mass is 257 g/mol. The van der Waals surface area contributed by atoms with E-state index >= 15 is 0 Å². The van der Waals surface area contributed by atoms with Crippen molar-refractivity contribution in [2.45, 2.75) is 31.1 Å². The number of nitrogens with zero attached hydrogens (tertiary/aromatic N) is 1. The predicted octanol–water partition coefficient (Wildman–Crippen LogP) is 1.21. The molecule has 2 unspecified atom stereocenters. The van der Waals surface area contributed by atoms with E-state index in [0.29, 0.717) is 0 Å². The number of halogens is 3. The van der Waals surface area contributed by atoms with Gasteiger partial charge in [0.05, 0.1) is 0 Å². The van der Waals surface area contributed by atoms with Gasteiger partial charge < -0.3 is 4.90 Å². The number of hydrogen-bond acceptors (Lipinski definition) is 4. The molecule has 3 N–H and O–H groups in total.